The molecule has 0 heterocycles. The Kier molecular flexibility index (Phi) is 3.51. The highest BCUT2D eigenvalue weighted by Crippen LogP contribution is 2.29. The molecule has 0 amide bonds. The predicted molar refractivity (Wildman–Crippen MR) is 50.7 cm³/mol. The first-order valence-electron chi connectivity index (χ1n) is 3.85. The van der Waals surface area contributed by atoms with Gasteiger partial charge in [0.15, 0.2) is 0 Å². The Morgan fingerprint density at radius 3 is 2.77 bits per heavy atom. The predicted octanol–water partition coefficient (Wildman–Crippen LogP) is 2.21. The van der Waals surface area contributed by atoms with Gasteiger partial charge in [0.2, 0.25) is 0 Å². The van der Waals surface area contributed by atoms with Crippen LogP contribution >= 0.6 is 11.6 Å². The average molecular weight is 204 g/mol. The first-order chi connectivity index (χ1) is 6.19. The molecule has 1 aromatic carbocycles. The van der Waals surface area contributed by atoms with Crippen LogP contribution in [0.25, 0.3) is 0 Å². The molecule has 0 saturated carbocycles. The summed E-state index contributed by atoms with van der Waals surface area (Å²) in [5.74, 6) is 0.0263. The molecule has 0 fully saturated rings. The fraction of sp³-hybridized carbons (Fsp3) is 0.333. The zero-order valence-corrected chi connectivity index (χ0v) is 8.28. The minimum atomic E-state index is -0.341. The molecule has 72 valence electrons. The number of nitrogens with one attached hydrogen (secondary N) is 1. The van der Waals surface area contributed by atoms with Crippen LogP contribution in [0.3, 0.4) is 0 Å². The lowest BCUT2D eigenvalue weighted by atomic mass is 10.2. The maximum absolute atomic E-state index is 13.0. The SMILES string of the molecule is CNCc1cc(F)cc(OC)c1Cl. The van der Waals surface area contributed by atoms with E-state index in [1.165, 1.54) is 19.2 Å². The summed E-state index contributed by atoms with van der Waals surface area (Å²) >= 11 is 5.93. The molecular weight excluding hydrogens is 193 g/mol. The minimum absolute atomic E-state index is 0.341. The van der Waals surface area contributed by atoms with Gasteiger partial charge in [0.25, 0.3) is 0 Å². The fourth-order valence-corrected chi connectivity index (χ4v) is 1.34. The number of methoxy groups -OCH3 is 1. The number of rotatable bonds is 3. The van der Waals surface area contributed by atoms with Gasteiger partial charge in [-0.15, -0.1) is 0 Å². The minimum Gasteiger partial charge on any atom is -0.495 e. The van der Waals surface area contributed by atoms with Gasteiger partial charge < -0.3 is 10.1 Å². The van der Waals surface area contributed by atoms with Crippen molar-refractivity contribution in [1.29, 1.82) is 0 Å². The molecule has 0 bridgehead atoms. The van der Waals surface area contributed by atoms with Crippen LogP contribution in [0.2, 0.25) is 5.02 Å². The molecule has 0 aliphatic heterocycles. The number of hydrogen-bond acceptors (Lipinski definition) is 2. The summed E-state index contributed by atoms with van der Waals surface area (Å²) in [6, 6.07) is 2.66. The molecule has 1 rings (SSSR count). The van der Waals surface area contributed by atoms with E-state index in [4.69, 9.17) is 16.3 Å². The van der Waals surface area contributed by atoms with E-state index in [1.54, 1.807) is 7.05 Å². The van der Waals surface area contributed by atoms with Crippen molar-refractivity contribution in [2.75, 3.05) is 14.2 Å². The second-order valence-electron chi connectivity index (χ2n) is 2.61. The van der Waals surface area contributed by atoms with Crippen LogP contribution in [-0.4, -0.2) is 14.2 Å². The summed E-state index contributed by atoms with van der Waals surface area (Å²) in [5.41, 5.74) is 0.695. The van der Waals surface area contributed by atoms with E-state index >= 15 is 0 Å². The van der Waals surface area contributed by atoms with E-state index in [-0.39, 0.29) is 5.82 Å². The van der Waals surface area contributed by atoms with Gasteiger partial charge >= 0.3 is 0 Å². The summed E-state index contributed by atoms with van der Waals surface area (Å²) in [4.78, 5) is 0. The molecule has 0 aliphatic carbocycles. The number of hydrogen-bond donors (Lipinski definition) is 1. The molecule has 4 heteroatoms. The van der Waals surface area contributed by atoms with E-state index < -0.39 is 0 Å². The molecule has 13 heavy (non-hydrogen) atoms. The second kappa shape index (κ2) is 4.44. The van der Waals surface area contributed by atoms with Gasteiger partial charge in [-0.1, -0.05) is 11.6 Å². The van der Waals surface area contributed by atoms with Crippen molar-refractivity contribution < 1.29 is 9.13 Å². The third kappa shape index (κ3) is 2.32. The molecular formula is C9H11ClFNO. The number of halogens is 2. The first-order valence-corrected chi connectivity index (χ1v) is 4.23. The van der Waals surface area contributed by atoms with Gasteiger partial charge in [0.1, 0.15) is 11.6 Å². The molecule has 0 atom stereocenters. The van der Waals surface area contributed by atoms with Gasteiger partial charge in [-0.25, -0.2) is 4.39 Å². The lowest BCUT2D eigenvalue weighted by Gasteiger charge is -2.08. The molecule has 0 radical (unpaired) electrons. The van der Waals surface area contributed by atoms with Crippen molar-refractivity contribution in [3.05, 3.63) is 28.5 Å². The van der Waals surface area contributed by atoms with E-state index in [0.717, 1.165) is 0 Å². The lowest BCUT2D eigenvalue weighted by Crippen LogP contribution is -2.06. The van der Waals surface area contributed by atoms with Crippen LogP contribution < -0.4 is 10.1 Å². The van der Waals surface area contributed by atoms with Crippen molar-refractivity contribution in [3.8, 4) is 5.75 Å². The lowest BCUT2D eigenvalue weighted by molar-refractivity contribution is 0.410. The van der Waals surface area contributed by atoms with Gasteiger partial charge in [-0.05, 0) is 18.7 Å². The normalized spacial score (nSPS) is 10.2. The second-order valence-corrected chi connectivity index (χ2v) is 2.99. The third-order valence-electron chi connectivity index (χ3n) is 1.67. The first kappa shape index (κ1) is 10.3. The van der Waals surface area contributed by atoms with Crippen LogP contribution in [0.5, 0.6) is 5.75 Å². The summed E-state index contributed by atoms with van der Waals surface area (Å²) < 4.78 is 17.9. The highest BCUT2D eigenvalue weighted by molar-refractivity contribution is 6.32. The average Bonchev–Trinajstić information content (AvgIpc) is 2.11. The van der Waals surface area contributed by atoms with Gasteiger partial charge in [0.05, 0.1) is 12.1 Å². The van der Waals surface area contributed by atoms with Crippen molar-refractivity contribution in [3.63, 3.8) is 0 Å². The smallest absolute Gasteiger partial charge is 0.140 e. The third-order valence-corrected chi connectivity index (χ3v) is 2.10. The highest BCUT2D eigenvalue weighted by Gasteiger charge is 2.08. The molecule has 0 saturated heterocycles. The van der Waals surface area contributed by atoms with Crippen molar-refractivity contribution in [2.24, 2.45) is 0 Å². The summed E-state index contributed by atoms with van der Waals surface area (Å²) in [5, 5.41) is 3.35. The Hall–Kier alpha value is -0.800. The van der Waals surface area contributed by atoms with Gasteiger partial charge in [-0.3, -0.25) is 0 Å². The molecule has 0 aliphatic rings. The maximum Gasteiger partial charge on any atom is 0.140 e. The Bertz CT molecular complexity index is 304. The standard InChI is InChI=1S/C9H11ClFNO/c1-12-5-6-3-7(11)4-8(13-2)9(6)10/h3-4,12H,5H2,1-2H3. The molecule has 1 N–H and O–H groups in total. The van der Waals surface area contributed by atoms with Crippen LogP contribution in [0.15, 0.2) is 12.1 Å². The van der Waals surface area contributed by atoms with E-state index in [2.05, 4.69) is 5.32 Å². The summed E-state index contributed by atoms with van der Waals surface area (Å²) in [6.45, 7) is 0.521. The molecule has 0 spiro atoms. The fourth-order valence-electron chi connectivity index (χ4n) is 1.09. The monoisotopic (exact) mass is 203 g/mol. The molecule has 2 nitrogen and oxygen atoms in total. The Morgan fingerprint density at radius 1 is 1.54 bits per heavy atom. The Morgan fingerprint density at radius 2 is 2.23 bits per heavy atom. The van der Waals surface area contributed by atoms with Gasteiger partial charge in [-0.2, -0.15) is 0 Å². The van der Waals surface area contributed by atoms with E-state index in [9.17, 15) is 4.39 Å². The Labute approximate surface area is 81.7 Å². The summed E-state index contributed by atoms with van der Waals surface area (Å²) in [7, 11) is 3.23. The maximum atomic E-state index is 13.0. The summed E-state index contributed by atoms with van der Waals surface area (Å²) in [6.07, 6.45) is 0. The van der Waals surface area contributed by atoms with Gasteiger partial charge in [0, 0.05) is 12.6 Å². The van der Waals surface area contributed by atoms with E-state index in [0.29, 0.717) is 22.9 Å². The topological polar surface area (TPSA) is 21.3 Å². The number of ether oxygens (including phenoxy) is 1. The van der Waals surface area contributed by atoms with Crippen LogP contribution in [0.4, 0.5) is 4.39 Å². The molecule has 1 aromatic rings. The van der Waals surface area contributed by atoms with E-state index in [1.807, 2.05) is 0 Å². The molecule has 0 aromatic heterocycles. The Balaban J connectivity index is 3.11. The largest absolute Gasteiger partial charge is 0.495 e. The quantitative estimate of drug-likeness (QED) is 0.814. The van der Waals surface area contributed by atoms with Crippen LogP contribution in [0.1, 0.15) is 5.56 Å². The molecule has 0 unspecified atom stereocenters. The van der Waals surface area contributed by atoms with Crippen molar-refractivity contribution >= 4 is 11.6 Å². The number of benzene rings is 1. The zero-order valence-electron chi connectivity index (χ0n) is 7.53. The van der Waals surface area contributed by atoms with Crippen LogP contribution in [-0.2, 0) is 6.54 Å². The highest BCUT2D eigenvalue weighted by atomic mass is 35.5. The van der Waals surface area contributed by atoms with Crippen LogP contribution in [0, 0.1) is 5.82 Å². The van der Waals surface area contributed by atoms with Crippen molar-refractivity contribution in [1.82, 2.24) is 5.32 Å². The zero-order chi connectivity index (χ0) is 9.84. The van der Waals surface area contributed by atoms with Crippen molar-refractivity contribution in [2.45, 2.75) is 6.54 Å².